The van der Waals surface area contributed by atoms with Crippen LogP contribution in [0.4, 0.5) is 0 Å². The summed E-state index contributed by atoms with van der Waals surface area (Å²) in [6, 6.07) is 22.0. The first-order chi connectivity index (χ1) is 12.8. The molecule has 0 aliphatic rings. The fraction of sp³-hybridized carbons (Fsp3) is 0.0500. The van der Waals surface area contributed by atoms with Crippen LogP contribution in [0, 0.1) is 0 Å². The molecule has 0 N–H and O–H groups in total. The lowest BCUT2D eigenvalue weighted by atomic mass is 10.0. The average molecular weight is 375 g/mol. The Morgan fingerprint density at radius 1 is 0.962 bits per heavy atom. The molecule has 0 unspecified atom stereocenters. The van der Waals surface area contributed by atoms with Crippen molar-refractivity contribution in [2.45, 2.75) is 5.16 Å². The van der Waals surface area contributed by atoms with Crippen LogP contribution < -0.4 is 0 Å². The Morgan fingerprint density at radius 2 is 1.77 bits per heavy atom. The molecule has 126 valence electrons. The zero-order chi connectivity index (χ0) is 17.5. The number of carbonyl (C=O) groups excluding carboxylic acids is 1. The summed E-state index contributed by atoms with van der Waals surface area (Å²) in [5, 5.41) is 11.4. The monoisotopic (exact) mass is 375 g/mol. The number of thioether (sulfide) groups is 1. The van der Waals surface area contributed by atoms with Crippen LogP contribution in [0.15, 0.2) is 71.9 Å². The van der Waals surface area contributed by atoms with Crippen LogP contribution in [-0.2, 0) is 0 Å². The standard InChI is InChI=1S/C20H13N3OS2/c24-17(15-9-5-7-13-6-1-2-8-14(13)15)12-25-19-21-22-20-23(19)16-10-3-4-11-18(16)26-20/h1-11H,12H2. The van der Waals surface area contributed by atoms with E-state index >= 15 is 0 Å². The first-order valence-electron chi connectivity index (χ1n) is 8.18. The Bertz CT molecular complexity index is 1270. The van der Waals surface area contributed by atoms with E-state index in [1.54, 1.807) is 11.3 Å². The zero-order valence-electron chi connectivity index (χ0n) is 13.6. The molecule has 0 aliphatic carbocycles. The number of rotatable bonds is 4. The third kappa shape index (κ3) is 2.50. The SMILES string of the molecule is O=C(CSc1nnc2sc3ccccc3n12)c1cccc2ccccc12. The minimum Gasteiger partial charge on any atom is -0.293 e. The Morgan fingerprint density at radius 3 is 2.73 bits per heavy atom. The van der Waals surface area contributed by atoms with Gasteiger partial charge in [-0.25, -0.2) is 0 Å². The van der Waals surface area contributed by atoms with Gasteiger partial charge in [-0.15, -0.1) is 10.2 Å². The number of thiazole rings is 1. The summed E-state index contributed by atoms with van der Waals surface area (Å²) in [4.78, 5) is 13.7. The van der Waals surface area contributed by atoms with Crippen LogP contribution in [0.1, 0.15) is 10.4 Å². The fourth-order valence-corrected chi connectivity index (χ4v) is 4.98. The highest BCUT2D eigenvalue weighted by molar-refractivity contribution is 7.99. The van der Waals surface area contributed by atoms with E-state index in [2.05, 4.69) is 22.3 Å². The van der Waals surface area contributed by atoms with Gasteiger partial charge >= 0.3 is 0 Å². The smallest absolute Gasteiger partial charge is 0.217 e. The second kappa shape index (κ2) is 6.23. The zero-order valence-corrected chi connectivity index (χ0v) is 15.3. The first kappa shape index (κ1) is 15.5. The summed E-state index contributed by atoms with van der Waals surface area (Å²) >= 11 is 3.04. The van der Waals surface area contributed by atoms with E-state index in [9.17, 15) is 4.79 Å². The van der Waals surface area contributed by atoms with E-state index in [0.29, 0.717) is 5.75 Å². The molecule has 3 aromatic carbocycles. The first-order valence-corrected chi connectivity index (χ1v) is 9.98. The molecule has 0 amide bonds. The molecule has 0 saturated carbocycles. The molecule has 2 aromatic heterocycles. The van der Waals surface area contributed by atoms with E-state index in [-0.39, 0.29) is 5.78 Å². The summed E-state index contributed by atoms with van der Waals surface area (Å²) in [6.45, 7) is 0. The van der Waals surface area contributed by atoms with Gasteiger partial charge in [-0.05, 0) is 22.9 Å². The predicted molar refractivity (Wildman–Crippen MR) is 107 cm³/mol. The van der Waals surface area contributed by atoms with Gasteiger partial charge in [-0.2, -0.15) is 0 Å². The normalized spacial score (nSPS) is 11.5. The Kier molecular flexibility index (Phi) is 3.72. The van der Waals surface area contributed by atoms with Gasteiger partial charge in [0.2, 0.25) is 4.96 Å². The molecule has 0 bridgehead atoms. The van der Waals surface area contributed by atoms with E-state index in [0.717, 1.165) is 32.0 Å². The van der Waals surface area contributed by atoms with Crippen LogP contribution in [0.3, 0.4) is 0 Å². The molecule has 26 heavy (non-hydrogen) atoms. The minimum atomic E-state index is 0.100. The lowest BCUT2D eigenvalue weighted by Gasteiger charge is -2.05. The number of fused-ring (bicyclic) bond motifs is 4. The van der Waals surface area contributed by atoms with Gasteiger partial charge in [0.05, 0.1) is 16.0 Å². The third-order valence-electron chi connectivity index (χ3n) is 4.33. The van der Waals surface area contributed by atoms with Gasteiger partial charge in [-0.3, -0.25) is 9.20 Å². The van der Waals surface area contributed by atoms with Crippen LogP contribution in [0.5, 0.6) is 0 Å². The quantitative estimate of drug-likeness (QED) is 0.325. The number of ketones is 1. The van der Waals surface area contributed by atoms with E-state index in [1.807, 2.05) is 59.0 Å². The van der Waals surface area contributed by atoms with Crippen molar-refractivity contribution in [1.82, 2.24) is 14.6 Å². The maximum atomic E-state index is 12.8. The second-order valence-corrected chi connectivity index (χ2v) is 7.86. The molecule has 0 radical (unpaired) electrons. The third-order valence-corrected chi connectivity index (χ3v) is 6.27. The molecular formula is C20H13N3OS2. The number of hydrogen-bond acceptors (Lipinski definition) is 5. The van der Waals surface area contributed by atoms with Crippen LogP contribution >= 0.6 is 23.1 Å². The second-order valence-electron chi connectivity index (χ2n) is 5.91. The van der Waals surface area contributed by atoms with Crippen molar-refractivity contribution in [3.63, 3.8) is 0 Å². The van der Waals surface area contributed by atoms with Crippen molar-refractivity contribution in [3.8, 4) is 0 Å². The van der Waals surface area contributed by atoms with Crippen molar-refractivity contribution in [2.24, 2.45) is 0 Å². The van der Waals surface area contributed by atoms with Crippen molar-refractivity contribution in [2.75, 3.05) is 5.75 Å². The molecule has 0 aliphatic heterocycles. The highest BCUT2D eigenvalue weighted by Crippen LogP contribution is 2.30. The van der Waals surface area contributed by atoms with Crippen molar-refractivity contribution in [3.05, 3.63) is 72.3 Å². The maximum absolute atomic E-state index is 12.8. The minimum absolute atomic E-state index is 0.100. The van der Waals surface area contributed by atoms with E-state index in [4.69, 9.17) is 0 Å². The van der Waals surface area contributed by atoms with Crippen LogP contribution in [0.25, 0.3) is 25.9 Å². The summed E-state index contributed by atoms with van der Waals surface area (Å²) in [5.41, 5.74) is 1.84. The van der Waals surface area contributed by atoms with Gasteiger partial charge in [0.25, 0.3) is 0 Å². The number of carbonyl (C=O) groups is 1. The number of benzene rings is 3. The number of aromatic nitrogens is 3. The summed E-state index contributed by atoms with van der Waals surface area (Å²) in [7, 11) is 0. The van der Waals surface area contributed by atoms with Crippen LogP contribution in [-0.4, -0.2) is 26.1 Å². The maximum Gasteiger partial charge on any atom is 0.217 e. The van der Waals surface area contributed by atoms with E-state index in [1.165, 1.54) is 16.5 Å². The fourth-order valence-electron chi connectivity index (χ4n) is 3.13. The summed E-state index contributed by atoms with van der Waals surface area (Å²) in [5.74, 6) is 0.432. The lowest BCUT2D eigenvalue weighted by molar-refractivity contribution is 0.102. The molecule has 6 heteroatoms. The highest BCUT2D eigenvalue weighted by atomic mass is 32.2. The summed E-state index contributed by atoms with van der Waals surface area (Å²) in [6.07, 6.45) is 0. The number of Topliss-reactive ketones (excluding diaryl/α,β-unsaturated/α-hetero) is 1. The largest absolute Gasteiger partial charge is 0.293 e. The van der Waals surface area contributed by atoms with Gasteiger partial charge in [0.1, 0.15) is 0 Å². The Hall–Kier alpha value is -2.70. The molecule has 5 rings (SSSR count). The van der Waals surface area contributed by atoms with E-state index < -0.39 is 0 Å². The Labute approximate surface area is 157 Å². The summed E-state index contributed by atoms with van der Waals surface area (Å²) < 4.78 is 3.20. The molecule has 4 nitrogen and oxygen atoms in total. The van der Waals surface area contributed by atoms with Gasteiger partial charge in [0.15, 0.2) is 10.9 Å². The topological polar surface area (TPSA) is 47.3 Å². The molecule has 2 heterocycles. The van der Waals surface area contributed by atoms with Crippen molar-refractivity contribution >= 4 is 54.8 Å². The molecule has 0 saturated heterocycles. The Balaban J connectivity index is 1.47. The number of para-hydroxylation sites is 1. The predicted octanol–water partition coefficient (Wildman–Crippen LogP) is 5.07. The van der Waals surface area contributed by atoms with Crippen molar-refractivity contribution < 1.29 is 4.79 Å². The molecular weight excluding hydrogens is 362 g/mol. The number of nitrogens with zero attached hydrogens (tertiary/aromatic N) is 3. The molecule has 0 fully saturated rings. The number of hydrogen-bond donors (Lipinski definition) is 0. The van der Waals surface area contributed by atoms with Crippen molar-refractivity contribution in [1.29, 1.82) is 0 Å². The van der Waals surface area contributed by atoms with Gasteiger partial charge < -0.3 is 0 Å². The lowest BCUT2D eigenvalue weighted by Crippen LogP contribution is -2.04. The molecule has 0 atom stereocenters. The highest BCUT2D eigenvalue weighted by Gasteiger charge is 2.15. The average Bonchev–Trinajstić information content (AvgIpc) is 3.25. The molecule has 5 aromatic rings. The molecule has 0 spiro atoms. The van der Waals surface area contributed by atoms with Gasteiger partial charge in [0, 0.05) is 5.56 Å². The van der Waals surface area contributed by atoms with Gasteiger partial charge in [-0.1, -0.05) is 77.7 Å². The van der Waals surface area contributed by atoms with Crippen LogP contribution in [0.2, 0.25) is 0 Å².